The quantitative estimate of drug-likeness (QED) is 0.0149. The average Bonchev–Trinajstić information content (AvgIpc) is 3.21. The summed E-state index contributed by atoms with van der Waals surface area (Å²) in [7, 11) is -5.11. The maximum Gasteiger partial charge on any atom is 0.472 e. The second-order valence-corrected chi connectivity index (χ2v) is 17.7. The summed E-state index contributed by atoms with van der Waals surface area (Å²) in [6, 6.07) is 0. The van der Waals surface area contributed by atoms with Gasteiger partial charge in [0.05, 0.1) is 6.61 Å². The first kappa shape index (κ1) is 55.3. The number of carbonyl (C=O) groups excluding carboxylic acids is 2. The molecule has 346 valence electrons. The van der Waals surface area contributed by atoms with Gasteiger partial charge in [-0.15, -0.1) is 0 Å². The summed E-state index contributed by atoms with van der Waals surface area (Å²) in [6.07, 6.45) is 25.9. The number of allylic oxidation sites excluding steroid dienone is 4. The Bertz CT molecular complexity index is 1130. The lowest BCUT2D eigenvalue weighted by Crippen LogP contribution is -2.64. The highest BCUT2D eigenvalue weighted by molar-refractivity contribution is 7.47. The Kier molecular flexibility index (Phi) is 33.7. The summed E-state index contributed by atoms with van der Waals surface area (Å²) >= 11 is 0. The summed E-state index contributed by atoms with van der Waals surface area (Å²) < 4.78 is 33.3. The molecule has 0 heterocycles. The van der Waals surface area contributed by atoms with Gasteiger partial charge in [0.2, 0.25) is 0 Å². The van der Waals surface area contributed by atoms with Crippen LogP contribution in [0.2, 0.25) is 0 Å². The van der Waals surface area contributed by atoms with E-state index in [9.17, 15) is 44.6 Å². The Morgan fingerprint density at radius 1 is 0.508 bits per heavy atom. The highest BCUT2D eigenvalue weighted by Crippen LogP contribution is 2.47. The lowest BCUT2D eigenvalue weighted by atomic mass is 9.85. The van der Waals surface area contributed by atoms with Gasteiger partial charge in [0, 0.05) is 12.8 Å². The predicted molar refractivity (Wildman–Crippen MR) is 230 cm³/mol. The number of aliphatic hydroxyl groups is 5. The predicted octanol–water partition coefficient (Wildman–Crippen LogP) is 8.84. The molecule has 1 fully saturated rings. The number of rotatable bonds is 38. The molecule has 0 aromatic heterocycles. The normalized spacial score (nSPS) is 22.5. The lowest BCUT2D eigenvalue weighted by molar-refractivity contribution is -0.220. The third-order valence-electron chi connectivity index (χ3n) is 10.8. The maximum absolute atomic E-state index is 12.7. The summed E-state index contributed by atoms with van der Waals surface area (Å²) in [4.78, 5) is 35.4. The molecule has 13 nitrogen and oxygen atoms in total. The van der Waals surface area contributed by atoms with E-state index in [1.54, 1.807) is 0 Å². The topological polar surface area (TPSA) is 210 Å². The molecule has 0 aromatic rings. The molecule has 0 aliphatic heterocycles. The highest BCUT2D eigenvalue weighted by atomic mass is 31.2. The number of phosphoric acid groups is 1. The minimum Gasteiger partial charge on any atom is -0.462 e. The van der Waals surface area contributed by atoms with Crippen LogP contribution in [0.3, 0.4) is 0 Å². The third kappa shape index (κ3) is 28.5. The van der Waals surface area contributed by atoms with Crippen molar-refractivity contribution in [3.63, 3.8) is 0 Å². The van der Waals surface area contributed by atoms with Gasteiger partial charge in [0.25, 0.3) is 0 Å². The molecule has 1 saturated carbocycles. The minimum atomic E-state index is -5.11. The SMILES string of the molecule is CCCCCCCCCCCCCCCC/C=C/CC/C=C/CCCC(=O)OC[C@@H](COP(=O)(O)OC1C(O)C(O)C(O)[C@H](O)C1O)OC(=O)CCCCCCCCC. The van der Waals surface area contributed by atoms with E-state index in [2.05, 4.69) is 32.1 Å². The van der Waals surface area contributed by atoms with Gasteiger partial charge < -0.3 is 39.9 Å². The molecule has 1 aliphatic rings. The molecule has 6 unspecified atom stereocenters. The van der Waals surface area contributed by atoms with Crippen molar-refractivity contribution in [1.82, 2.24) is 0 Å². The molecule has 0 amide bonds. The zero-order valence-corrected chi connectivity index (χ0v) is 37.4. The molecule has 8 atom stereocenters. The minimum absolute atomic E-state index is 0.0890. The summed E-state index contributed by atoms with van der Waals surface area (Å²) in [5.41, 5.74) is 0. The van der Waals surface area contributed by atoms with E-state index < -0.39 is 75.7 Å². The number of phosphoric ester groups is 1. The van der Waals surface area contributed by atoms with E-state index in [1.165, 1.54) is 89.9 Å². The monoisotopic (exact) mass is 863 g/mol. The smallest absolute Gasteiger partial charge is 0.462 e. The van der Waals surface area contributed by atoms with E-state index in [0.717, 1.165) is 57.8 Å². The van der Waals surface area contributed by atoms with Crippen LogP contribution in [-0.2, 0) is 32.7 Å². The van der Waals surface area contributed by atoms with Gasteiger partial charge in [-0.25, -0.2) is 4.57 Å². The Balaban J connectivity index is 2.34. The van der Waals surface area contributed by atoms with Crippen molar-refractivity contribution in [3.05, 3.63) is 24.3 Å². The van der Waals surface area contributed by atoms with Crippen LogP contribution < -0.4 is 0 Å². The van der Waals surface area contributed by atoms with Gasteiger partial charge in [-0.3, -0.25) is 18.6 Å². The summed E-state index contributed by atoms with van der Waals surface area (Å²) in [5.74, 6) is -1.15. The van der Waals surface area contributed by atoms with E-state index in [-0.39, 0.29) is 12.8 Å². The molecule has 0 saturated heterocycles. The van der Waals surface area contributed by atoms with E-state index in [1.807, 2.05) is 6.08 Å². The fourth-order valence-corrected chi connectivity index (χ4v) is 7.99. The second kappa shape index (κ2) is 35.9. The molecule has 0 bridgehead atoms. The fourth-order valence-electron chi connectivity index (χ4n) is 7.01. The molecule has 0 aromatic carbocycles. The Labute approximate surface area is 356 Å². The molecule has 1 aliphatic carbocycles. The molecule has 0 spiro atoms. The van der Waals surface area contributed by atoms with Crippen LogP contribution in [0.5, 0.6) is 0 Å². The van der Waals surface area contributed by atoms with Crippen molar-refractivity contribution in [2.75, 3.05) is 13.2 Å². The summed E-state index contributed by atoms with van der Waals surface area (Å²) in [5, 5.41) is 50.0. The van der Waals surface area contributed by atoms with Crippen LogP contribution in [0.25, 0.3) is 0 Å². The Morgan fingerprint density at radius 2 is 0.898 bits per heavy atom. The van der Waals surface area contributed by atoms with Crippen LogP contribution in [0, 0.1) is 0 Å². The molecular formula is C45H83O13P. The number of unbranched alkanes of at least 4 members (excludes halogenated alkanes) is 22. The first-order chi connectivity index (χ1) is 28.4. The molecule has 14 heteroatoms. The van der Waals surface area contributed by atoms with Crippen LogP contribution in [0.1, 0.15) is 194 Å². The van der Waals surface area contributed by atoms with Crippen LogP contribution in [-0.4, -0.2) is 98.3 Å². The maximum atomic E-state index is 12.7. The molecular weight excluding hydrogens is 779 g/mol. The van der Waals surface area contributed by atoms with Crippen LogP contribution in [0.4, 0.5) is 0 Å². The van der Waals surface area contributed by atoms with Gasteiger partial charge in [0.15, 0.2) is 6.10 Å². The second-order valence-electron chi connectivity index (χ2n) is 16.3. The number of hydrogen-bond acceptors (Lipinski definition) is 12. The standard InChI is InChI=1S/C45H83O13P/c1-3-5-7-9-11-12-13-14-15-16-17-18-19-20-21-22-23-24-25-26-28-29-31-33-38(46)55-35-37(57-39(47)34-32-30-27-10-8-6-4-2)36-56-59(53,54)58-45-43(51)41(49)40(48)42(50)44(45)52/h22-23,26,28,37,40-45,48-52H,3-21,24-25,27,29-36H2,1-2H3,(H,53,54)/b23-22+,28-26+/t37-,40?,41-,42?,43?,44?,45?/m0/s1. The van der Waals surface area contributed by atoms with Gasteiger partial charge in [0.1, 0.15) is 43.2 Å². The van der Waals surface area contributed by atoms with Crippen molar-refractivity contribution in [3.8, 4) is 0 Å². The molecule has 1 rings (SSSR count). The zero-order valence-electron chi connectivity index (χ0n) is 36.6. The van der Waals surface area contributed by atoms with Crippen molar-refractivity contribution in [2.45, 2.75) is 236 Å². The first-order valence-electron chi connectivity index (χ1n) is 23.1. The van der Waals surface area contributed by atoms with Crippen molar-refractivity contribution >= 4 is 19.8 Å². The van der Waals surface area contributed by atoms with Crippen LogP contribution >= 0.6 is 7.82 Å². The van der Waals surface area contributed by atoms with E-state index in [0.29, 0.717) is 19.3 Å². The molecule has 59 heavy (non-hydrogen) atoms. The van der Waals surface area contributed by atoms with Crippen LogP contribution in [0.15, 0.2) is 24.3 Å². The largest absolute Gasteiger partial charge is 0.472 e. The van der Waals surface area contributed by atoms with Crippen molar-refractivity contribution in [1.29, 1.82) is 0 Å². The Morgan fingerprint density at radius 3 is 1.39 bits per heavy atom. The number of carbonyl (C=O) groups is 2. The Hall–Kier alpha value is -1.67. The highest BCUT2D eigenvalue weighted by Gasteiger charge is 2.51. The number of ether oxygens (including phenoxy) is 2. The molecule has 6 N–H and O–H groups in total. The number of hydrogen-bond donors (Lipinski definition) is 6. The van der Waals surface area contributed by atoms with Gasteiger partial charge in [-0.1, -0.05) is 160 Å². The third-order valence-corrected chi connectivity index (χ3v) is 11.8. The fraction of sp³-hybridized carbons (Fsp3) is 0.867. The van der Waals surface area contributed by atoms with Gasteiger partial charge >= 0.3 is 19.8 Å². The summed E-state index contributed by atoms with van der Waals surface area (Å²) in [6.45, 7) is 3.20. The van der Waals surface area contributed by atoms with E-state index in [4.69, 9.17) is 18.5 Å². The van der Waals surface area contributed by atoms with Gasteiger partial charge in [-0.05, 0) is 44.9 Å². The average molecular weight is 863 g/mol. The lowest BCUT2D eigenvalue weighted by Gasteiger charge is -2.41. The number of aliphatic hydroxyl groups excluding tert-OH is 5. The molecule has 0 radical (unpaired) electrons. The van der Waals surface area contributed by atoms with Gasteiger partial charge in [-0.2, -0.15) is 0 Å². The number of esters is 2. The van der Waals surface area contributed by atoms with Crippen molar-refractivity contribution in [2.24, 2.45) is 0 Å². The first-order valence-corrected chi connectivity index (χ1v) is 24.6. The van der Waals surface area contributed by atoms with Crippen molar-refractivity contribution < 1.29 is 63.1 Å². The zero-order chi connectivity index (χ0) is 43.6. The van der Waals surface area contributed by atoms with E-state index >= 15 is 0 Å².